The fourth-order valence-electron chi connectivity index (χ4n) is 3.78. The van der Waals surface area contributed by atoms with Gasteiger partial charge in [-0.05, 0) is 50.6 Å². The highest BCUT2D eigenvalue weighted by Gasteiger charge is 2.28. The SMILES string of the molecule is O=C(O)C1CCCN(CCC2Sc3ccccc3Oc3ccccc32)C1. The number of carboxylic acids is 1. The van der Waals surface area contributed by atoms with E-state index < -0.39 is 5.97 Å². The minimum absolute atomic E-state index is 0.220. The molecule has 0 aliphatic carbocycles. The van der Waals surface area contributed by atoms with Crippen LogP contribution in [0.4, 0.5) is 0 Å². The standard InChI is InChI=1S/C21H23NO3S/c23-21(24)15-6-5-12-22(14-15)13-11-19-16-7-1-2-8-17(16)25-18-9-3-4-10-20(18)26-19/h1-4,7-10,15,19H,5-6,11-14H2,(H,23,24). The van der Waals surface area contributed by atoms with Gasteiger partial charge in [0.1, 0.15) is 11.5 Å². The predicted molar refractivity (Wildman–Crippen MR) is 103 cm³/mol. The molecule has 2 unspecified atom stereocenters. The first-order valence-electron chi connectivity index (χ1n) is 9.18. The highest BCUT2D eigenvalue weighted by atomic mass is 32.2. The molecule has 2 aliphatic rings. The van der Waals surface area contributed by atoms with Gasteiger partial charge in [-0.15, -0.1) is 11.8 Å². The number of aliphatic carboxylic acids is 1. The minimum Gasteiger partial charge on any atom is -0.481 e. The third-order valence-corrected chi connectivity index (χ3v) is 6.53. The fraction of sp³-hybridized carbons (Fsp3) is 0.381. The second kappa shape index (κ2) is 7.72. The van der Waals surface area contributed by atoms with Crippen LogP contribution in [0.1, 0.15) is 30.1 Å². The number of thioether (sulfide) groups is 1. The number of para-hydroxylation sites is 2. The van der Waals surface area contributed by atoms with Gasteiger partial charge in [-0.3, -0.25) is 4.79 Å². The number of carbonyl (C=O) groups is 1. The van der Waals surface area contributed by atoms with Crippen molar-refractivity contribution < 1.29 is 14.6 Å². The van der Waals surface area contributed by atoms with Gasteiger partial charge in [0.05, 0.1) is 10.8 Å². The van der Waals surface area contributed by atoms with Crippen molar-refractivity contribution in [3.05, 3.63) is 54.1 Å². The van der Waals surface area contributed by atoms with Crippen LogP contribution in [0.5, 0.6) is 11.5 Å². The Morgan fingerprint density at radius 3 is 2.77 bits per heavy atom. The Hall–Kier alpha value is -1.98. The number of nitrogens with zero attached hydrogens (tertiary/aromatic N) is 1. The lowest BCUT2D eigenvalue weighted by Gasteiger charge is -2.31. The molecule has 0 aromatic heterocycles. The minimum atomic E-state index is -0.661. The topological polar surface area (TPSA) is 49.8 Å². The number of carboxylic acid groups (broad SMARTS) is 1. The lowest BCUT2D eigenvalue weighted by molar-refractivity contribution is -0.143. The molecule has 1 fully saturated rings. The quantitative estimate of drug-likeness (QED) is 0.838. The summed E-state index contributed by atoms with van der Waals surface area (Å²) in [6.45, 7) is 2.58. The maximum atomic E-state index is 11.3. The molecule has 2 aromatic carbocycles. The molecule has 2 heterocycles. The van der Waals surface area contributed by atoms with Crippen molar-refractivity contribution in [2.75, 3.05) is 19.6 Å². The Balaban J connectivity index is 1.51. The van der Waals surface area contributed by atoms with E-state index in [1.165, 1.54) is 5.56 Å². The molecule has 1 saturated heterocycles. The van der Waals surface area contributed by atoms with Crippen LogP contribution in [0.3, 0.4) is 0 Å². The Bertz CT molecular complexity index is 794. The molecule has 5 heteroatoms. The largest absolute Gasteiger partial charge is 0.481 e. The molecule has 2 aromatic rings. The third-order valence-electron chi connectivity index (χ3n) is 5.17. The van der Waals surface area contributed by atoms with Crippen molar-refractivity contribution in [3.8, 4) is 11.5 Å². The number of rotatable bonds is 4. The second-order valence-corrected chi connectivity index (χ2v) is 8.20. The highest BCUT2D eigenvalue weighted by Crippen LogP contribution is 2.49. The smallest absolute Gasteiger partial charge is 0.307 e. The zero-order valence-electron chi connectivity index (χ0n) is 14.6. The summed E-state index contributed by atoms with van der Waals surface area (Å²) in [5.41, 5.74) is 1.22. The molecule has 4 nitrogen and oxygen atoms in total. The first-order valence-corrected chi connectivity index (χ1v) is 10.1. The van der Waals surface area contributed by atoms with Crippen LogP contribution in [0, 0.1) is 5.92 Å². The van der Waals surface area contributed by atoms with Gasteiger partial charge in [0.15, 0.2) is 0 Å². The van der Waals surface area contributed by atoms with Crippen molar-refractivity contribution >= 4 is 17.7 Å². The van der Waals surface area contributed by atoms with Crippen molar-refractivity contribution in [1.82, 2.24) is 4.90 Å². The van der Waals surface area contributed by atoms with Gasteiger partial charge in [-0.2, -0.15) is 0 Å². The molecule has 0 radical (unpaired) electrons. The van der Waals surface area contributed by atoms with E-state index in [9.17, 15) is 9.90 Å². The van der Waals surface area contributed by atoms with Crippen molar-refractivity contribution in [2.24, 2.45) is 5.92 Å². The van der Waals surface area contributed by atoms with Gasteiger partial charge in [0.25, 0.3) is 0 Å². The average molecular weight is 369 g/mol. The average Bonchev–Trinajstić information content (AvgIpc) is 2.83. The van der Waals surface area contributed by atoms with Crippen LogP contribution >= 0.6 is 11.8 Å². The number of hydrogen-bond donors (Lipinski definition) is 1. The normalized spacial score (nSPS) is 22.6. The zero-order chi connectivity index (χ0) is 17.9. The molecule has 0 amide bonds. The van der Waals surface area contributed by atoms with Gasteiger partial charge < -0.3 is 14.7 Å². The zero-order valence-corrected chi connectivity index (χ0v) is 15.5. The van der Waals surface area contributed by atoms with E-state index in [1.807, 2.05) is 42.1 Å². The Kier molecular flexibility index (Phi) is 5.18. The molecule has 136 valence electrons. The molecule has 26 heavy (non-hydrogen) atoms. The molecular weight excluding hydrogens is 346 g/mol. The summed E-state index contributed by atoms with van der Waals surface area (Å²) in [6.07, 6.45) is 2.75. The maximum absolute atomic E-state index is 11.3. The molecule has 0 bridgehead atoms. The van der Waals surface area contributed by atoms with E-state index in [0.29, 0.717) is 11.8 Å². The number of fused-ring (bicyclic) bond motifs is 2. The van der Waals surface area contributed by atoms with Crippen molar-refractivity contribution in [2.45, 2.75) is 29.4 Å². The van der Waals surface area contributed by atoms with Crippen molar-refractivity contribution in [1.29, 1.82) is 0 Å². The van der Waals surface area contributed by atoms with E-state index in [2.05, 4.69) is 23.1 Å². The molecule has 2 atom stereocenters. The lowest BCUT2D eigenvalue weighted by Crippen LogP contribution is -2.39. The summed E-state index contributed by atoms with van der Waals surface area (Å²) in [5, 5.41) is 9.61. The van der Waals surface area contributed by atoms with Crippen LogP contribution < -0.4 is 4.74 Å². The Morgan fingerprint density at radius 2 is 1.92 bits per heavy atom. The molecule has 2 aliphatic heterocycles. The summed E-state index contributed by atoms with van der Waals surface area (Å²) >= 11 is 1.85. The predicted octanol–water partition coefficient (Wildman–Crippen LogP) is 4.81. The van der Waals surface area contributed by atoms with Crippen molar-refractivity contribution in [3.63, 3.8) is 0 Å². The molecule has 1 N–H and O–H groups in total. The van der Waals surface area contributed by atoms with Gasteiger partial charge in [-0.25, -0.2) is 0 Å². The van der Waals surface area contributed by atoms with Crippen LogP contribution in [-0.2, 0) is 4.79 Å². The first-order chi connectivity index (χ1) is 12.7. The van der Waals surface area contributed by atoms with Gasteiger partial charge >= 0.3 is 5.97 Å². The number of benzene rings is 2. The summed E-state index contributed by atoms with van der Waals surface area (Å²) in [7, 11) is 0. The summed E-state index contributed by atoms with van der Waals surface area (Å²) in [6, 6.07) is 16.4. The molecule has 0 spiro atoms. The maximum Gasteiger partial charge on any atom is 0.307 e. The number of hydrogen-bond acceptors (Lipinski definition) is 4. The summed E-state index contributed by atoms with van der Waals surface area (Å²) in [5.74, 6) is 0.960. The van der Waals surface area contributed by atoms with E-state index in [1.54, 1.807) is 0 Å². The number of likely N-dealkylation sites (tertiary alicyclic amines) is 1. The molecular formula is C21H23NO3S. The van der Waals surface area contributed by atoms with E-state index in [0.717, 1.165) is 48.7 Å². The monoisotopic (exact) mass is 369 g/mol. The highest BCUT2D eigenvalue weighted by molar-refractivity contribution is 7.99. The molecule has 4 rings (SSSR count). The lowest BCUT2D eigenvalue weighted by atomic mass is 9.98. The van der Waals surface area contributed by atoms with Crippen LogP contribution in [0.25, 0.3) is 0 Å². The summed E-state index contributed by atoms with van der Waals surface area (Å²) in [4.78, 5) is 14.8. The second-order valence-electron chi connectivity index (χ2n) is 6.96. The first kappa shape index (κ1) is 17.4. The van der Waals surface area contributed by atoms with E-state index in [-0.39, 0.29) is 5.92 Å². The molecule has 0 saturated carbocycles. The van der Waals surface area contributed by atoms with Gasteiger partial charge in [0, 0.05) is 17.4 Å². The van der Waals surface area contributed by atoms with Crippen LogP contribution in [0.2, 0.25) is 0 Å². The van der Waals surface area contributed by atoms with Gasteiger partial charge in [0.2, 0.25) is 0 Å². The number of ether oxygens (including phenoxy) is 1. The van der Waals surface area contributed by atoms with Gasteiger partial charge in [-0.1, -0.05) is 30.3 Å². The Labute approximate surface area is 158 Å². The van der Waals surface area contributed by atoms with E-state index >= 15 is 0 Å². The van der Waals surface area contributed by atoms with Crippen LogP contribution in [-0.4, -0.2) is 35.6 Å². The number of piperidine rings is 1. The summed E-state index contributed by atoms with van der Waals surface area (Å²) < 4.78 is 6.16. The Morgan fingerprint density at radius 1 is 1.15 bits per heavy atom. The van der Waals surface area contributed by atoms with E-state index in [4.69, 9.17) is 4.74 Å². The fourth-order valence-corrected chi connectivity index (χ4v) is 5.02. The third kappa shape index (κ3) is 3.74. The van der Waals surface area contributed by atoms with Crippen LogP contribution in [0.15, 0.2) is 53.4 Å².